The molecule has 1 aromatic carbocycles. The van der Waals surface area contributed by atoms with Crippen molar-refractivity contribution in [3.63, 3.8) is 0 Å². The van der Waals surface area contributed by atoms with E-state index in [2.05, 4.69) is 30.2 Å². The molecule has 134 valence electrons. The van der Waals surface area contributed by atoms with Gasteiger partial charge in [-0.25, -0.2) is 13.4 Å². The highest BCUT2D eigenvalue weighted by molar-refractivity contribution is 7.92. The zero-order valence-electron chi connectivity index (χ0n) is 13.8. The molecule has 10 heteroatoms. The Balaban J connectivity index is 1.69. The number of nitrogens with zero attached hydrogens (tertiary/aromatic N) is 3. The highest BCUT2D eigenvalue weighted by atomic mass is 32.2. The van der Waals surface area contributed by atoms with Crippen LogP contribution in [0.25, 0.3) is 11.4 Å². The maximum absolute atomic E-state index is 12.4. The van der Waals surface area contributed by atoms with Gasteiger partial charge in [0.05, 0.1) is 24.1 Å². The Morgan fingerprint density at radius 2 is 1.88 bits per heavy atom. The molecule has 2 heterocycles. The Morgan fingerprint density at radius 3 is 2.62 bits per heavy atom. The second-order valence-electron chi connectivity index (χ2n) is 5.44. The number of aromatic amines is 1. The van der Waals surface area contributed by atoms with Gasteiger partial charge in [-0.1, -0.05) is 12.1 Å². The molecule has 0 atom stereocenters. The lowest BCUT2D eigenvalue weighted by atomic mass is 10.1. The van der Waals surface area contributed by atoms with Gasteiger partial charge >= 0.3 is 0 Å². The molecule has 0 fully saturated rings. The van der Waals surface area contributed by atoms with E-state index < -0.39 is 15.9 Å². The van der Waals surface area contributed by atoms with Crippen molar-refractivity contribution in [1.82, 2.24) is 25.5 Å². The smallest absolute Gasteiger partial charge is 0.253 e. The van der Waals surface area contributed by atoms with E-state index in [4.69, 9.17) is 0 Å². The molecule has 3 rings (SSSR count). The minimum absolute atomic E-state index is 0.115. The fourth-order valence-electron chi connectivity index (χ4n) is 2.23. The topological polar surface area (TPSA) is 130 Å². The number of nitrogens with one attached hydrogen (secondary N) is 3. The van der Waals surface area contributed by atoms with Crippen LogP contribution in [0, 0.1) is 0 Å². The van der Waals surface area contributed by atoms with Gasteiger partial charge in [0.2, 0.25) is 10.0 Å². The lowest BCUT2D eigenvalue weighted by Gasteiger charge is -2.10. The van der Waals surface area contributed by atoms with Gasteiger partial charge in [-0.05, 0) is 24.3 Å². The van der Waals surface area contributed by atoms with Crippen molar-refractivity contribution in [3.8, 4) is 11.4 Å². The lowest BCUT2D eigenvalue weighted by Crippen LogP contribution is -2.25. The van der Waals surface area contributed by atoms with Gasteiger partial charge in [-0.3, -0.25) is 19.6 Å². The molecule has 0 saturated heterocycles. The predicted octanol–water partition coefficient (Wildman–Crippen LogP) is 1.17. The van der Waals surface area contributed by atoms with Crippen LogP contribution >= 0.6 is 0 Å². The first-order valence-corrected chi connectivity index (χ1v) is 9.48. The molecule has 3 aromatic rings. The zero-order valence-corrected chi connectivity index (χ0v) is 14.6. The summed E-state index contributed by atoms with van der Waals surface area (Å²) in [5, 5.41) is 9.54. The molecule has 0 radical (unpaired) electrons. The number of H-pyrrole nitrogens is 1. The average Bonchev–Trinajstić information content (AvgIpc) is 3.08. The van der Waals surface area contributed by atoms with Crippen molar-refractivity contribution in [2.75, 3.05) is 11.0 Å². The minimum atomic E-state index is -3.49. The Morgan fingerprint density at radius 1 is 1.15 bits per heavy atom. The summed E-state index contributed by atoms with van der Waals surface area (Å²) in [5.41, 5.74) is 1.23. The molecule has 0 saturated carbocycles. The third-order valence-corrected chi connectivity index (χ3v) is 3.94. The van der Waals surface area contributed by atoms with Crippen LogP contribution in [-0.2, 0) is 16.6 Å². The number of sulfonamides is 1. The first-order chi connectivity index (χ1) is 12.4. The number of carbonyl (C=O) groups is 1. The van der Waals surface area contributed by atoms with Gasteiger partial charge < -0.3 is 5.32 Å². The molecule has 26 heavy (non-hydrogen) atoms. The summed E-state index contributed by atoms with van der Waals surface area (Å²) in [7, 11) is -3.49. The minimum Gasteiger partial charge on any atom is -0.345 e. The molecule has 0 unspecified atom stereocenters. The van der Waals surface area contributed by atoms with Crippen LogP contribution in [0.2, 0.25) is 0 Å². The second-order valence-corrected chi connectivity index (χ2v) is 7.19. The molecule has 0 aliphatic rings. The van der Waals surface area contributed by atoms with Crippen molar-refractivity contribution < 1.29 is 13.2 Å². The van der Waals surface area contributed by atoms with Crippen LogP contribution in [-0.4, -0.2) is 40.7 Å². The van der Waals surface area contributed by atoms with E-state index in [9.17, 15) is 13.2 Å². The fourth-order valence-corrected chi connectivity index (χ4v) is 2.81. The Labute approximate surface area is 149 Å². The third kappa shape index (κ3) is 4.42. The molecule has 0 spiro atoms. The molecule has 9 nitrogen and oxygen atoms in total. The van der Waals surface area contributed by atoms with Gasteiger partial charge in [0.25, 0.3) is 5.91 Å². The normalized spacial score (nSPS) is 11.1. The number of hydrogen-bond acceptors (Lipinski definition) is 6. The molecule has 3 N–H and O–H groups in total. The molecule has 0 bridgehead atoms. The number of rotatable bonds is 6. The summed E-state index contributed by atoms with van der Waals surface area (Å²) in [4.78, 5) is 20.6. The second kappa shape index (κ2) is 7.31. The van der Waals surface area contributed by atoms with E-state index in [1.807, 2.05) is 0 Å². The van der Waals surface area contributed by atoms with Crippen LogP contribution in [0.15, 0.2) is 48.8 Å². The fraction of sp³-hybridized carbons (Fsp3) is 0.125. The summed E-state index contributed by atoms with van der Waals surface area (Å²) >= 11 is 0. The number of carbonyl (C=O) groups excluding carboxylic acids is 1. The van der Waals surface area contributed by atoms with Crippen molar-refractivity contribution in [2.45, 2.75) is 6.54 Å². The largest absolute Gasteiger partial charge is 0.345 e. The number of aromatic nitrogens is 4. The quantitative estimate of drug-likeness (QED) is 0.595. The van der Waals surface area contributed by atoms with Gasteiger partial charge in [-0.2, -0.15) is 5.10 Å². The van der Waals surface area contributed by atoms with Crippen LogP contribution in [0.1, 0.15) is 16.2 Å². The van der Waals surface area contributed by atoms with Gasteiger partial charge in [0.15, 0.2) is 5.82 Å². The van der Waals surface area contributed by atoms with Crippen molar-refractivity contribution >= 4 is 21.6 Å². The summed E-state index contributed by atoms with van der Waals surface area (Å²) in [6.45, 7) is 0.115. The SMILES string of the molecule is CS(=O)(=O)Nc1ccccc1C(=O)NCc1nc(-c2ccncc2)n[nH]1. The first kappa shape index (κ1) is 17.5. The van der Waals surface area contributed by atoms with Crippen LogP contribution in [0.5, 0.6) is 0 Å². The van der Waals surface area contributed by atoms with Crippen molar-refractivity contribution in [3.05, 3.63) is 60.2 Å². The number of amides is 1. The predicted molar refractivity (Wildman–Crippen MR) is 95.7 cm³/mol. The van der Waals surface area contributed by atoms with E-state index >= 15 is 0 Å². The van der Waals surface area contributed by atoms with E-state index in [0.29, 0.717) is 11.6 Å². The number of anilines is 1. The third-order valence-electron chi connectivity index (χ3n) is 3.35. The van der Waals surface area contributed by atoms with Crippen LogP contribution < -0.4 is 10.0 Å². The van der Waals surface area contributed by atoms with E-state index in [0.717, 1.165) is 11.8 Å². The van der Waals surface area contributed by atoms with E-state index in [1.165, 1.54) is 12.1 Å². The summed E-state index contributed by atoms with van der Waals surface area (Å²) in [6.07, 6.45) is 4.30. The monoisotopic (exact) mass is 372 g/mol. The van der Waals surface area contributed by atoms with E-state index in [1.54, 1.807) is 36.7 Å². The summed E-state index contributed by atoms with van der Waals surface area (Å²) < 4.78 is 25.2. The molecular weight excluding hydrogens is 356 g/mol. The Hall–Kier alpha value is -3.27. The molecular formula is C16H16N6O3S. The molecule has 2 aromatic heterocycles. The van der Waals surface area contributed by atoms with E-state index in [-0.39, 0.29) is 17.8 Å². The number of pyridine rings is 1. The maximum atomic E-state index is 12.4. The Kier molecular flexibility index (Phi) is 4.94. The Bertz CT molecular complexity index is 1020. The average molecular weight is 372 g/mol. The van der Waals surface area contributed by atoms with Crippen molar-refractivity contribution in [2.24, 2.45) is 0 Å². The standard InChI is InChI=1S/C16H16N6O3S/c1-26(24,25)22-13-5-3-2-4-12(13)16(23)18-10-14-19-15(21-20-14)11-6-8-17-9-7-11/h2-9,22H,10H2,1H3,(H,18,23)(H,19,20,21). The van der Waals surface area contributed by atoms with Crippen molar-refractivity contribution in [1.29, 1.82) is 0 Å². The zero-order chi connectivity index (χ0) is 18.6. The molecule has 1 amide bonds. The van der Waals surface area contributed by atoms with Gasteiger partial charge in [-0.15, -0.1) is 0 Å². The highest BCUT2D eigenvalue weighted by Gasteiger charge is 2.14. The number of benzene rings is 1. The highest BCUT2D eigenvalue weighted by Crippen LogP contribution is 2.16. The lowest BCUT2D eigenvalue weighted by molar-refractivity contribution is 0.0951. The van der Waals surface area contributed by atoms with Gasteiger partial charge in [0.1, 0.15) is 5.82 Å². The molecule has 0 aliphatic carbocycles. The summed E-state index contributed by atoms with van der Waals surface area (Å²) in [5.74, 6) is 0.535. The summed E-state index contributed by atoms with van der Waals surface area (Å²) in [6, 6.07) is 9.90. The maximum Gasteiger partial charge on any atom is 0.253 e. The first-order valence-electron chi connectivity index (χ1n) is 7.59. The number of para-hydroxylation sites is 1. The van der Waals surface area contributed by atoms with Crippen LogP contribution in [0.3, 0.4) is 0 Å². The molecule has 0 aliphatic heterocycles. The number of hydrogen-bond donors (Lipinski definition) is 3. The van der Waals surface area contributed by atoms with Gasteiger partial charge in [0, 0.05) is 18.0 Å². The van der Waals surface area contributed by atoms with Crippen LogP contribution in [0.4, 0.5) is 5.69 Å².